The number of halogens is 1. The maximum atomic E-state index is 5.08. The van der Waals surface area contributed by atoms with Crippen LogP contribution in [0.15, 0.2) is 4.99 Å². The summed E-state index contributed by atoms with van der Waals surface area (Å²) in [5.74, 6) is 0.935. The minimum atomic E-state index is 0. The second kappa shape index (κ2) is 13.2. The first kappa shape index (κ1) is 22.9. The number of likely N-dealkylation sites (N-methyl/N-ethyl adjacent to an activating group) is 1. The fourth-order valence-electron chi connectivity index (χ4n) is 3.23. The number of ether oxygens (including phenoxy) is 1. The largest absolute Gasteiger partial charge is 0.385 e. The maximum absolute atomic E-state index is 5.08. The first-order chi connectivity index (χ1) is 10.7. The summed E-state index contributed by atoms with van der Waals surface area (Å²) in [6, 6.07) is 0. The Morgan fingerprint density at radius 3 is 2.48 bits per heavy atom. The van der Waals surface area contributed by atoms with E-state index in [4.69, 9.17) is 4.74 Å². The standard InChI is InChI=1S/C17H36N4O.HI/c1-5-17(9-6-7-10-17)15-20-16(18-2)19-11-13-21(3)12-8-14-22-4;/h5-15H2,1-4H3,(H2,18,19,20);1H. The molecule has 0 aromatic heterocycles. The Labute approximate surface area is 160 Å². The zero-order valence-corrected chi connectivity index (χ0v) is 17.8. The van der Waals surface area contributed by atoms with E-state index >= 15 is 0 Å². The highest BCUT2D eigenvalue weighted by Gasteiger charge is 2.31. The quantitative estimate of drug-likeness (QED) is 0.237. The fourth-order valence-corrected chi connectivity index (χ4v) is 3.23. The topological polar surface area (TPSA) is 48.9 Å². The number of methoxy groups -OCH3 is 1. The van der Waals surface area contributed by atoms with Crippen LogP contribution in [0.3, 0.4) is 0 Å². The molecule has 0 radical (unpaired) electrons. The third kappa shape index (κ3) is 9.10. The van der Waals surface area contributed by atoms with Crippen molar-refractivity contribution >= 4 is 29.9 Å². The van der Waals surface area contributed by atoms with E-state index in [0.717, 1.165) is 45.2 Å². The SMILES string of the molecule is CCC1(CNC(=NC)NCCN(C)CCCOC)CCCC1.I. The molecule has 0 aromatic carbocycles. The molecule has 23 heavy (non-hydrogen) atoms. The van der Waals surface area contributed by atoms with Crippen LogP contribution in [0, 0.1) is 5.41 Å². The van der Waals surface area contributed by atoms with Crippen molar-refractivity contribution < 1.29 is 4.74 Å². The summed E-state index contributed by atoms with van der Waals surface area (Å²) in [4.78, 5) is 6.67. The molecule has 1 rings (SSSR count). The molecule has 0 saturated heterocycles. The molecule has 0 amide bonds. The zero-order chi connectivity index (χ0) is 16.3. The first-order valence-electron chi connectivity index (χ1n) is 8.78. The van der Waals surface area contributed by atoms with Gasteiger partial charge < -0.3 is 20.3 Å². The van der Waals surface area contributed by atoms with Crippen LogP contribution in [0.1, 0.15) is 45.4 Å². The Bertz CT molecular complexity index is 320. The Balaban J connectivity index is 0.00000484. The minimum absolute atomic E-state index is 0. The smallest absolute Gasteiger partial charge is 0.191 e. The van der Waals surface area contributed by atoms with Crippen LogP contribution in [-0.4, -0.2) is 64.9 Å². The van der Waals surface area contributed by atoms with E-state index < -0.39 is 0 Å². The highest BCUT2D eigenvalue weighted by atomic mass is 127. The fraction of sp³-hybridized carbons (Fsp3) is 0.941. The highest BCUT2D eigenvalue weighted by molar-refractivity contribution is 14.0. The first-order valence-corrected chi connectivity index (χ1v) is 8.78. The third-order valence-electron chi connectivity index (χ3n) is 4.94. The average Bonchev–Trinajstić information content (AvgIpc) is 3.00. The predicted octanol–water partition coefficient (Wildman–Crippen LogP) is 2.71. The molecule has 0 atom stereocenters. The molecule has 0 bridgehead atoms. The van der Waals surface area contributed by atoms with Gasteiger partial charge in [-0.25, -0.2) is 0 Å². The molecule has 5 nitrogen and oxygen atoms in total. The molecule has 1 saturated carbocycles. The van der Waals surface area contributed by atoms with E-state index in [9.17, 15) is 0 Å². The second-order valence-corrected chi connectivity index (χ2v) is 6.56. The number of guanidine groups is 1. The summed E-state index contributed by atoms with van der Waals surface area (Å²) < 4.78 is 5.08. The van der Waals surface area contributed by atoms with Crippen LogP contribution >= 0.6 is 24.0 Å². The lowest BCUT2D eigenvalue weighted by Crippen LogP contribution is -2.44. The Morgan fingerprint density at radius 2 is 1.91 bits per heavy atom. The number of rotatable bonds is 10. The van der Waals surface area contributed by atoms with Crippen LogP contribution in [0.4, 0.5) is 0 Å². The van der Waals surface area contributed by atoms with Crippen LogP contribution in [-0.2, 0) is 4.74 Å². The number of nitrogens with zero attached hydrogens (tertiary/aromatic N) is 2. The normalized spacial score (nSPS) is 17.2. The molecule has 2 N–H and O–H groups in total. The Kier molecular flexibility index (Phi) is 13.2. The van der Waals surface area contributed by atoms with Crippen molar-refractivity contribution in [1.29, 1.82) is 0 Å². The molecule has 6 heteroatoms. The van der Waals surface area contributed by atoms with Gasteiger partial charge in [-0.05, 0) is 38.1 Å². The van der Waals surface area contributed by atoms with E-state index in [1.54, 1.807) is 7.11 Å². The van der Waals surface area contributed by atoms with Crippen LogP contribution in [0.2, 0.25) is 0 Å². The van der Waals surface area contributed by atoms with Crippen molar-refractivity contribution in [3.05, 3.63) is 0 Å². The van der Waals surface area contributed by atoms with E-state index in [2.05, 4.69) is 34.5 Å². The van der Waals surface area contributed by atoms with Gasteiger partial charge in [0.15, 0.2) is 5.96 Å². The summed E-state index contributed by atoms with van der Waals surface area (Å²) in [5.41, 5.74) is 0.495. The number of aliphatic imine (C=N–C) groups is 1. The van der Waals surface area contributed by atoms with Gasteiger partial charge in [-0.2, -0.15) is 0 Å². The monoisotopic (exact) mass is 440 g/mol. The summed E-state index contributed by atoms with van der Waals surface area (Å²) in [5, 5.41) is 6.95. The van der Waals surface area contributed by atoms with Gasteiger partial charge in [0.1, 0.15) is 0 Å². The van der Waals surface area contributed by atoms with Gasteiger partial charge in [0.05, 0.1) is 0 Å². The molecule has 138 valence electrons. The lowest BCUT2D eigenvalue weighted by Gasteiger charge is -2.28. The second-order valence-electron chi connectivity index (χ2n) is 6.56. The van der Waals surface area contributed by atoms with Gasteiger partial charge in [0.25, 0.3) is 0 Å². The van der Waals surface area contributed by atoms with E-state index in [0.29, 0.717) is 5.41 Å². The summed E-state index contributed by atoms with van der Waals surface area (Å²) in [7, 11) is 5.76. The molecule has 1 aliphatic carbocycles. The average molecular weight is 440 g/mol. The van der Waals surface area contributed by atoms with Crippen molar-refractivity contribution in [3.63, 3.8) is 0 Å². The van der Waals surface area contributed by atoms with E-state index in [1.807, 2.05) is 7.05 Å². The zero-order valence-electron chi connectivity index (χ0n) is 15.5. The van der Waals surface area contributed by atoms with Crippen molar-refractivity contribution in [2.45, 2.75) is 45.4 Å². The summed E-state index contributed by atoms with van der Waals surface area (Å²) in [6.07, 6.45) is 7.82. The van der Waals surface area contributed by atoms with Gasteiger partial charge in [-0.1, -0.05) is 19.8 Å². The third-order valence-corrected chi connectivity index (χ3v) is 4.94. The van der Waals surface area contributed by atoms with Crippen LogP contribution < -0.4 is 10.6 Å². The lowest BCUT2D eigenvalue weighted by atomic mass is 9.83. The predicted molar refractivity (Wildman–Crippen MR) is 110 cm³/mol. The van der Waals surface area contributed by atoms with Crippen LogP contribution in [0.25, 0.3) is 0 Å². The van der Waals surface area contributed by atoms with Crippen molar-refractivity contribution in [2.24, 2.45) is 10.4 Å². The molecule has 0 aromatic rings. The maximum Gasteiger partial charge on any atom is 0.191 e. The van der Waals surface area contributed by atoms with Gasteiger partial charge in [0, 0.05) is 46.9 Å². The van der Waals surface area contributed by atoms with Crippen molar-refractivity contribution in [1.82, 2.24) is 15.5 Å². The van der Waals surface area contributed by atoms with E-state index in [-0.39, 0.29) is 24.0 Å². The van der Waals surface area contributed by atoms with Gasteiger partial charge >= 0.3 is 0 Å². The molecule has 1 aliphatic rings. The molecule has 1 fully saturated rings. The summed E-state index contributed by atoms with van der Waals surface area (Å²) in [6.45, 7) is 7.21. The Morgan fingerprint density at radius 1 is 1.22 bits per heavy atom. The molecular formula is C17H37IN4O. The van der Waals surface area contributed by atoms with Gasteiger partial charge in [-0.15, -0.1) is 24.0 Å². The molecule has 0 aliphatic heterocycles. The number of nitrogens with one attached hydrogen (secondary N) is 2. The van der Waals surface area contributed by atoms with E-state index in [1.165, 1.54) is 32.1 Å². The molecule has 0 heterocycles. The molecule has 0 spiro atoms. The van der Waals surface area contributed by atoms with Crippen LogP contribution in [0.5, 0.6) is 0 Å². The summed E-state index contributed by atoms with van der Waals surface area (Å²) >= 11 is 0. The minimum Gasteiger partial charge on any atom is -0.385 e. The number of hydrogen-bond donors (Lipinski definition) is 2. The molecule has 0 unspecified atom stereocenters. The Hall–Kier alpha value is -0.0800. The number of hydrogen-bond acceptors (Lipinski definition) is 3. The van der Waals surface area contributed by atoms with Gasteiger partial charge in [-0.3, -0.25) is 4.99 Å². The van der Waals surface area contributed by atoms with Crippen molar-refractivity contribution in [2.75, 3.05) is 54.0 Å². The highest BCUT2D eigenvalue weighted by Crippen LogP contribution is 2.40. The van der Waals surface area contributed by atoms with Gasteiger partial charge in [0.2, 0.25) is 0 Å². The van der Waals surface area contributed by atoms with Crippen molar-refractivity contribution in [3.8, 4) is 0 Å². The molecular weight excluding hydrogens is 403 g/mol. The lowest BCUT2D eigenvalue weighted by molar-refractivity contribution is 0.180.